The van der Waals surface area contributed by atoms with Crippen LogP contribution in [0.15, 0.2) is 0 Å². The van der Waals surface area contributed by atoms with Gasteiger partial charge in [0.1, 0.15) is 11.9 Å². The molecule has 0 radical (unpaired) electrons. The number of aliphatic hydroxyl groups excluding tert-OH is 1. The minimum atomic E-state index is -3.13. The predicted molar refractivity (Wildman–Crippen MR) is 71.2 cm³/mol. The molecular weight excluding hydrogens is 266 g/mol. The Morgan fingerprint density at radius 3 is 2.68 bits per heavy atom. The number of hydrogen-bond donors (Lipinski definition) is 1. The molecule has 1 aromatic rings. The second kappa shape index (κ2) is 5.58. The van der Waals surface area contributed by atoms with E-state index in [9.17, 15) is 13.5 Å². The molecule has 1 aromatic heterocycles. The molecule has 7 heteroatoms. The van der Waals surface area contributed by atoms with E-state index in [1.54, 1.807) is 4.57 Å². The number of hydrogen-bond acceptors (Lipinski definition) is 5. The van der Waals surface area contributed by atoms with Gasteiger partial charge in [-0.25, -0.2) is 8.42 Å². The molecule has 1 unspecified atom stereocenters. The maximum absolute atomic E-state index is 12.2. The van der Waals surface area contributed by atoms with Gasteiger partial charge in [0.25, 0.3) is 0 Å². The van der Waals surface area contributed by atoms with Crippen LogP contribution >= 0.6 is 0 Å². The summed E-state index contributed by atoms with van der Waals surface area (Å²) in [5, 5.41) is 16.7. The first-order chi connectivity index (χ1) is 8.95. The van der Waals surface area contributed by atoms with Crippen LogP contribution in [0.4, 0.5) is 0 Å². The van der Waals surface area contributed by atoms with Crippen molar-refractivity contribution < 1.29 is 13.5 Å². The Bertz CT molecular complexity index is 536. The molecule has 0 bridgehead atoms. The molecule has 2 rings (SSSR count). The fourth-order valence-electron chi connectivity index (χ4n) is 2.51. The molecule has 1 atom stereocenters. The Labute approximate surface area is 113 Å². The molecule has 1 fully saturated rings. The first-order valence-corrected chi connectivity index (χ1v) is 8.41. The summed E-state index contributed by atoms with van der Waals surface area (Å²) in [5.41, 5.74) is 0. The van der Waals surface area contributed by atoms with Gasteiger partial charge in [-0.15, -0.1) is 10.2 Å². The van der Waals surface area contributed by atoms with E-state index in [-0.39, 0.29) is 12.4 Å². The third kappa shape index (κ3) is 2.97. The minimum absolute atomic E-state index is 0.216. The molecule has 0 spiro atoms. The highest BCUT2D eigenvalue weighted by Crippen LogP contribution is 2.32. The molecule has 1 aliphatic heterocycles. The van der Waals surface area contributed by atoms with Crippen LogP contribution in [-0.4, -0.2) is 34.0 Å². The number of aromatic nitrogens is 3. The van der Waals surface area contributed by atoms with Crippen molar-refractivity contribution in [3.63, 3.8) is 0 Å². The van der Waals surface area contributed by atoms with E-state index in [0.717, 1.165) is 12.8 Å². The van der Waals surface area contributed by atoms with Gasteiger partial charge < -0.3 is 9.67 Å². The summed E-state index contributed by atoms with van der Waals surface area (Å²) >= 11 is 0. The lowest BCUT2D eigenvalue weighted by atomic mass is 10.1. The van der Waals surface area contributed by atoms with E-state index < -0.39 is 15.1 Å². The van der Waals surface area contributed by atoms with Crippen molar-refractivity contribution in [1.29, 1.82) is 0 Å². The number of aliphatic hydroxyl groups is 1. The van der Waals surface area contributed by atoms with Crippen LogP contribution in [0.1, 0.15) is 50.0 Å². The van der Waals surface area contributed by atoms with Gasteiger partial charge in [-0.1, -0.05) is 20.3 Å². The van der Waals surface area contributed by atoms with Crippen LogP contribution in [0.2, 0.25) is 0 Å². The maximum Gasteiger partial charge on any atom is 0.160 e. The zero-order chi connectivity index (χ0) is 14.0. The molecule has 1 N–H and O–H groups in total. The minimum Gasteiger partial charge on any atom is -0.388 e. The van der Waals surface area contributed by atoms with Crippen molar-refractivity contribution >= 4 is 9.84 Å². The Kier molecular flexibility index (Phi) is 4.25. The monoisotopic (exact) mass is 287 g/mol. The fourth-order valence-corrected chi connectivity index (χ4v) is 4.43. The third-order valence-electron chi connectivity index (χ3n) is 3.41. The largest absolute Gasteiger partial charge is 0.388 e. The van der Waals surface area contributed by atoms with Gasteiger partial charge in [0, 0.05) is 6.54 Å². The van der Waals surface area contributed by atoms with Gasteiger partial charge in [-0.05, 0) is 18.8 Å². The first-order valence-electron chi connectivity index (χ1n) is 6.70. The zero-order valence-corrected chi connectivity index (χ0v) is 12.2. The number of rotatable bonds is 4. The summed E-state index contributed by atoms with van der Waals surface area (Å²) in [6.07, 6.45) is 2.22. The quantitative estimate of drug-likeness (QED) is 0.895. The van der Waals surface area contributed by atoms with E-state index in [2.05, 4.69) is 10.2 Å². The molecule has 0 aromatic carbocycles. The topological polar surface area (TPSA) is 85.1 Å². The summed E-state index contributed by atoms with van der Waals surface area (Å²) in [7, 11) is -3.13. The van der Waals surface area contributed by atoms with E-state index in [1.807, 2.05) is 13.8 Å². The smallest absolute Gasteiger partial charge is 0.160 e. The standard InChI is InChI=1S/C12H21N3O3S/c1-9(2)7-15-11(8-16)13-14-12(15)10-5-3-4-6-19(10,17)18/h9-10,16H,3-8H2,1-2H3. The average molecular weight is 287 g/mol. The number of sulfone groups is 1. The summed E-state index contributed by atoms with van der Waals surface area (Å²) in [4.78, 5) is 0. The summed E-state index contributed by atoms with van der Waals surface area (Å²) in [5.74, 6) is 1.51. The zero-order valence-electron chi connectivity index (χ0n) is 11.4. The summed E-state index contributed by atoms with van der Waals surface area (Å²) < 4.78 is 26.1. The molecule has 2 heterocycles. The Morgan fingerprint density at radius 1 is 1.37 bits per heavy atom. The maximum atomic E-state index is 12.2. The second-order valence-electron chi connectivity index (χ2n) is 5.49. The van der Waals surface area contributed by atoms with Gasteiger partial charge >= 0.3 is 0 Å². The molecule has 1 aliphatic rings. The van der Waals surface area contributed by atoms with E-state index in [1.165, 1.54) is 0 Å². The third-order valence-corrected chi connectivity index (χ3v) is 5.58. The fraction of sp³-hybridized carbons (Fsp3) is 0.833. The lowest BCUT2D eigenvalue weighted by Gasteiger charge is -2.23. The van der Waals surface area contributed by atoms with E-state index in [0.29, 0.717) is 30.5 Å². The molecule has 108 valence electrons. The van der Waals surface area contributed by atoms with Crippen molar-refractivity contribution in [2.24, 2.45) is 5.92 Å². The van der Waals surface area contributed by atoms with Gasteiger partial charge in [0.05, 0.1) is 5.75 Å². The van der Waals surface area contributed by atoms with E-state index >= 15 is 0 Å². The van der Waals surface area contributed by atoms with Crippen LogP contribution < -0.4 is 0 Å². The van der Waals surface area contributed by atoms with Crippen LogP contribution in [0, 0.1) is 5.92 Å². The molecule has 0 aliphatic carbocycles. The molecule has 19 heavy (non-hydrogen) atoms. The Balaban J connectivity index is 2.41. The number of nitrogens with zero attached hydrogens (tertiary/aromatic N) is 3. The van der Waals surface area contributed by atoms with Gasteiger partial charge in [-0.3, -0.25) is 0 Å². The normalized spacial score (nSPS) is 22.8. The molecule has 6 nitrogen and oxygen atoms in total. The molecule has 0 amide bonds. The van der Waals surface area contributed by atoms with Gasteiger partial charge in [0.2, 0.25) is 0 Å². The molecular formula is C12H21N3O3S. The van der Waals surface area contributed by atoms with Gasteiger partial charge in [0.15, 0.2) is 21.5 Å². The van der Waals surface area contributed by atoms with Crippen LogP contribution in [0.3, 0.4) is 0 Å². The van der Waals surface area contributed by atoms with E-state index in [4.69, 9.17) is 0 Å². The van der Waals surface area contributed by atoms with Crippen LogP contribution in [-0.2, 0) is 23.0 Å². The average Bonchev–Trinajstić information content (AvgIpc) is 2.70. The SMILES string of the molecule is CC(C)Cn1c(CO)nnc1C1CCCCS1(=O)=O. The molecule has 0 saturated carbocycles. The van der Waals surface area contributed by atoms with Crippen molar-refractivity contribution in [3.8, 4) is 0 Å². The van der Waals surface area contributed by atoms with Gasteiger partial charge in [-0.2, -0.15) is 0 Å². The highest BCUT2D eigenvalue weighted by atomic mass is 32.2. The van der Waals surface area contributed by atoms with Crippen molar-refractivity contribution in [1.82, 2.24) is 14.8 Å². The van der Waals surface area contributed by atoms with Crippen molar-refractivity contribution in [2.75, 3.05) is 5.75 Å². The second-order valence-corrected chi connectivity index (χ2v) is 7.79. The lowest BCUT2D eigenvalue weighted by Crippen LogP contribution is -2.25. The summed E-state index contributed by atoms with van der Waals surface area (Å²) in [6.45, 7) is 4.50. The predicted octanol–water partition coefficient (Wildman–Crippen LogP) is 1.07. The molecule has 1 saturated heterocycles. The lowest BCUT2D eigenvalue weighted by molar-refractivity contribution is 0.261. The van der Waals surface area contributed by atoms with Crippen LogP contribution in [0.25, 0.3) is 0 Å². The Hall–Kier alpha value is -0.950. The highest BCUT2D eigenvalue weighted by molar-refractivity contribution is 7.91. The van der Waals surface area contributed by atoms with Crippen LogP contribution in [0.5, 0.6) is 0 Å². The first kappa shape index (κ1) is 14.5. The summed E-state index contributed by atoms with van der Waals surface area (Å²) in [6, 6.07) is 0. The Morgan fingerprint density at radius 2 is 2.11 bits per heavy atom. The highest BCUT2D eigenvalue weighted by Gasteiger charge is 2.34. The van der Waals surface area contributed by atoms with Crippen molar-refractivity contribution in [3.05, 3.63) is 11.6 Å². The van der Waals surface area contributed by atoms with Crippen molar-refractivity contribution in [2.45, 2.75) is 51.5 Å².